The monoisotopic (exact) mass is 236 g/mol. The van der Waals surface area contributed by atoms with E-state index in [1.54, 1.807) is 11.8 Å². The van der Waals surface area contributed by atoms with Crippen LogP contribution in [0.2, 0.25) is 0 Å². The van der Waals surface area contributed by atoms with E-state index in [9.17, 15) is 0 Å². The fourth-order valence-electron chi connectivity index (χ4n) is 0.738. The molecule has 0 fully saturated rings. The zero-order valence-corrected chi connectivity index (χ0v) is 8.78. The molecule has 1 rings (SSSR count). The summed E-state index contributed by atoms with van der Waals surface area (Å²) >= 11 is 4.90. The van der Waals surface area contributed by atoms with Crippen molar-refractivity contribution >= 4 is 27.7 Å². The van der Waals surface area contributed by atoms with E-state index in [1.807, 2.05) is 0 Å². The average Bonchev–Trinajstić information content (AvgIpc) is 2.36. The molecule has 11 heavy (non-hydrogen) atoms. The molecule has 1 unspecified atom stereocenters. The summed E-state index contributed by atoms with van der Waals surface area (Å²) in [6, 6.07) is 0. The lowest BCUT2D eigenvalue weighted by Crippen LogP contribution is -1.95. The molecule has 0 aromatic carbocycles. The minimum absolute atomic E-state index is 0.337. The van der Waals surface area contributed by atoms with Crippen molar-refractivity contribution in [3.8, 4) is 0 Å². The molecule has 5 heteroatoms. The Morgan fingerprint density at radius 3 is 2.91 bits per heavy atom. The largest absolute Gasteiger partial charge is 0.338 e. The van der Waals surface area contributed by atoms with E-state index in [2.05, 4.69) is 39.3 Å². The maximum absolute atomic E-state index is 4.96. The first-order valence-electron chi connectivity index (χ1n) is 3.22. The zero-order valence-electron chi connectivity index (χ0n) is 6.37. The molecule has 1 aromatic rings. The highest BCUT2D eigenvalue weighted by molar-refractivity contribution is 9.10. The van der Waals surface area contributed by atoms with Crippen molar-refractivity contribution in [3.63, 3.8) is 0 Å². The Hall–Kier alpha value is -0.0300. The van der Waals surface area contributed by atoms with Crippen molar-refractivity contribution in [2.24, 2.45) is 0 Å². The van der Waals surface area contributed by atoms with Crippen LogP contribution in [0.5, 0.6) is 0 Å². The smallest absolute Gasteiger partial charge is 0.238 e. The SMILES string of the molecule is CSCC(C)c1nc(Br)no1. The van der Waals surface area contributed by atoms with E-state index in [1.165, 1.54) is 0 Å². The van der Waals surface area contributed by atoms with Crippen LogP contribution in [0, 0.1) is 0 Å². The van der Waals surface area contributed by atoms with Gasteiger partial charge in [-0.05, 0) is 27.3 Å². The van der Waals surface area contributed by atoms with Crippen LogP contribution in [0.3, 0.4) is 0 Å². The fraction of sp³-hybridized carbons (Fsp3) is 0.667. The van der Waals surface area contributed by atoms with E-state index in [-0.39, 0.29) is 0 Å². The van der Waals surface area contributed by atoms with Crippen molar-refractivity contribution in [1.82, 2.24) is 10.1 Å². The van der Waals surface area contributed by atoms with Gasteiger partial charge in [0.05, 0.1) is 0 Å². The van der Waals surface area contributed by atoms with Crippen LogP contribution in [-0.2, 0) is 0 Å². The molecule has 0 radical (unpaired) electrons. The number of rotatable bonds is 3. The fourth-order valence-corrected chi connectivity index (χ4v) is 1.63. The Balaban J connectivity index is 2.60. The Labute approximate surface area is 78.1 Å². The standard InChI is InChI=1S/C6H9BrN2OS/c1-4(3-11-2)5-8-6(7)9-10-5/h4H,3H2,1-2H3. The van der Waals surface area contributed by atoms with Gasteiger partial charge in [0.2, 0.25) is 10.6 Å². The molecule has 0 bridgehead atoms. The van der Waals surface area contributed by atoms with E-state index in [4.69, 9.17) is 4.52 Å². The van der Waals surface area contributed by atoms with Gasteiger partial charge in [-0.1, -0.05) is 6.92 Å². The predicted molar refractivity (Wildman–Crippen MR) is 48.8 cm³/mol. The van der Waals surface area contributed by atoms with Crippen LogP contribution < -0.4 is 0 Å². The molecule has 0 spiro atoms. The first kappa shape index (κ1) is 9.06. The topological polar surface area (TPSA) is 38.9 Å². The molecule has 0 amide bonds. The molecule has 0 aliphatic carbocycles. The molecule has 1 aromatic heterocycles. The molecule has 3 nitrogen and oxygen atoms in total. The van der Waals surface area contributed by atoms with Gasteiger partial charge in [-0.15, -0.1) is 0 Å². The van der Waals surface area contributed by atoms with Gasteiger partial charge in [0.15, 0.2) is 0 Å². The van der Waals surface area contributed by atoms with Gasteiger partial charge >= 0.3 is 0 Å². The van der Waals surface area contributed by atoms with E-state index < -0.39 is 0 Å². The molecule has 0 aliphatic heterocycles. The summed E-state index contributed by atoms with van der Waals surface area (Å²) in [5, 5.41) is 3.64. The summed E-state index contributed by atoms with van der Waals surface area (Å²) in [6.07, 6.45) is 2.06. The molecular weight excluding hydrogens is 228 g/mol. The minimum Gasteiger partial charge on any atom is -0.338 e. The highest BCUT2D eigenvalue weighted by Gasteiger charge is 2.11. The lowest BCUT2D eigenvalue weighted by atomic mass is 10.2. The van der Waals surface area contributed by atoms with Crippen molar-refractivity contribution in [1.29, 1.82) is 0 Å². The number of aromatic nitrogens is 2. The van der Waals surface area contributed by atoms with E-state index in [0.29, 0.717) is 16.5 Å². The van der Waals surface area contributed by atoms with Crippen LogP contribution in [0.1, 0.15) is 18.7 Å². The molecule has 0 aliphatic rings. The first-order chi connectivity index (χ1) is 5.24. The maximum atomic E-state index is 4.96. The highest BCUT2D eigenvalue weighted by atomic mass is 79.9. The number of halogens is 1. The maximum Gasteiger partial charge on any atom is 0.238 e. The first-order valence-corrected chi connectivity index (χ1v) is 5.40. The van der Waals surface area contributed by atoms with Crippen molar-refractivity contribution in [2.75, 3.05) is 12.0 Å². The second kappa shape index (κ2) is 4.11. The third-order valence-electron chi connectivity index (χ3n) is 1.26. The predicted octanol–water partition coefficient (Wildman–Crippen LogP) is 2.30. The van der Waals surface area contributed by atoms with Crippen molar-refractivity contribution < 1.29 is 4.52 Å². The lowest BCUT2D eigenvalue weighted by molar-refractivity contribution is 0.363. The van der Waals surface area contributed by atoms with Gasteiger partial charge in [0.1, 0.15) is 0 Å². The minimum atomic E-state index is 0.337. The van der Waals surface area contributed by atoms with Crippen LogP contribution in [-0.4, -0.2) is 22.1 Å². The number of nitrogens with zero attached hydrogens (tertiary/aromatic N) is 2. The molecule has 0 saturated carbocycles. The van der Waals surface area contributed by atoms with Gasteiger partial charge < -0.3 is 4.52 Å². The Kier molecular flexibility index (Phi) is 3.39. The van der Waals surface area contributed by atoms with Gasteiger partial charge in [0.25, 0.3) is 0 Å². The Morgan fingerprint density at radius 1 is 1.73 bits per heavy atom. The molecule has 0 N–H and O–H groups in total. The summed E-state index contributed by atoms with van der Waals surface area (Å²) in [6.45, 7) is 2.07. The van der Waals surface area contributed by atoms with Gasteiger partial charge in [-0.3, -0.25) is 0 Å². The summed E-state index contributed by atoms with van der Waals surface area (Å²) in [4.78, 5) is 4.05. The van der Waals surface area contributed by atoms with E-state index >= 15 is 0 Å². The van der Waals surface area contributed by atoms with E-state index in [0.717, 1.165) is 5.75 Å². The normalized spacial score (nSPS) is 13.4. The van der Waals surface area contributed by atoms with Crippen LogP contribution >= 0.6 is 27.7 Å². The highest BCUT2D eigenvalue weighted by Crippen LogP contribution is 2.18. The number of hydrogen-bond donors (Lipinski definition) is 0. The van der Waals surface area contributed by atoms with Crippen molar-refractivity contribution in [3.05, 3.63) is 10.6 Å². The molecule has 1 atom stereocenters. The average molecular weight is 237 g/mol. The van der Waals surface area contributed by atoms with Crippen LogP contribution in [0.4, 0.5) is 0 Å². The molecular formula is C6H9BrN2OS. The number of thioether (sulfide) groups is 1. The summed E-state index contributed by atoms with van der Waals surface area (Å²) in [7, 11) is 0. The molecule has 62 valence electrons. The summed E-state index contributed by atoms with van der Waals surface area (Å²) in [5.41, 5.74) is 0. The molecule has 0 saturated heterocycles. The Morgan fingerprint density at radius 2 is 2.45 bits per heavy atom. The number of hydrogen-bond acceptors (Lipinski definition) is 4. The van der Waals surface area contributed by atoms with Gasteiger partial charge in [0, 0.05) is 11.7 Å². The molecule has 1 heterocycles. The second-order valence-corrected chi connectivity index (χ2v) is 3.88. The van der Waals surface area contributed by atoms with Crippen molar-refractivity contribution in [2.45, 2.75) is 12.8 Å². The van der Waals surface area contributed by atoms with Crippen LogP contribution in [0.25, 0.3) is 0 Å². The van der Waals surface area contributed by atoms with Gasteiger partial charge in [-0.25, -0.2) is 0 Å². The second-order valence-electron chi connectivity index (χ2n) is 2.26. The zero-order chi connectivity index (χ0) is 8.27. The summed E-state index contributed by atoms with van der Waals surface area (Å²) < 4.78 is 5.49. The van der Waals surface area contributed by atoms with Crippen LogP contribution in [0.15, 0.2) is 9.26 Å². The third-order valence-corrected chi connectivity index (χ3v) is 2.41. The third kappa shape index (κ3) is 2.48. The quantitative estimate of drug-likeness (QED) is 0.808. The Bertz CT molecular complexity index is 228. The van der Waals surface area contributed by atoms with Gasteiger partial charge in [-0.2, -0.15) is 16.7 Å². The lowest BCUT2D eigenvalue weighted by Gasteiger charge is -2.00. The summed E-state index contributed by atoms with van der Waals surface area (Å²) in [5.74, 6) is 2.05.